The van der Waals surface area contributed by atoms with Crippen molar-refractivity contribution in [2.24, 2.45) is 0 Å². The molecular weight excluding hydrogens is 1020 g/mol. The number of allylic oxidation sites excluding steroid dienone is 18. The minimum atomic E-state index is -0.818. The van der Waals surface area contributed by atoms with Gasteiger partial charge in [0.25, 0.3) is 0 Å². The third-order valence-corrected chi connectivity index (χ3v) is 15.3. The molecule has 6 heteroatoms. The maximum atomic E-state index is 12.9. The molecule has 0 heterocycles. The first-order chi connectivity index (χ1) is 41.0. The third kappa shape index (κ3) is 68.7. The summed E-state index contributed by atoms with van der Waals surface area (Å²) >= 11 is 0. The van der Waals surface area contributed by atoms with Crippen LogP contribution < -0.4 is 0 Å². The topological polar surface area (TPSA) is 78.9 Å². The molecule has 0 aromatic heterocycles. The summed E-state index contributed by atoms with van der Waals surface area (Å²) in [4.78, 5) is 38.3. The van der Waals surface area contributed by atoms with E-state index in [2.05, 4.69) is 124 Å². The summed E-state index contributed by atoms with van der Waals surface area (Å²) in [5.74, 6) is -0.976. The first-order valence-corrected chi connectivity index (χ1v) is 35.4. The largest absolute Gasteiger partial charge is 0.462 e. The Morgan fingerprint density at radius 1 is 0.253 bits per heavy atom. The molecule has 0 aliphatic rings. The summed E-state index contributed by atoms with van der Waals surface area (Å²) in [5, 5.41) is 0. The van der Waals surface area contributed by atoms with E-state index in [1.807, 2.05) is 6.08 Å². The van der Waals surface area contributed by atoms with Crippen LogP contribution >= 0.6 is 0 Å². The standard InChI is InChI=1S/C77H132O6/c1-4-7-10-13-16-19-22-25-27-29-31-32-33-34-35-36-37-38-39-40-41-42-43-44-46-47-49-52-55-58-61-64-67-70-76(79)82-73-74(72-81-75(78)69-66-63-60-57-54-51-24-21-18-15-12-9-6-3)83-77(80)71-68-65-62-59-56-53-50-48-45-30-28-26-23-20-17-14-11-8-5-2/h8,11,17,20,22,25-26,28-29,31,33-34,45,48,53,56,62,65,74H,4-7,9-10,12-16,18-19,21,23-24,27,30,32,35-44,46-47,49-52,54-55,57-61,63-64,66-73H2,1-3H3/b11-8-,20-17-,25-22-,28-26-,31-29-,34-33-,48-45-,56-53-,65-62-. The molecule has 0 saturated carbocycles. The first kappa shape index (κ1) is 79.1. The summed E-state index contributed by atoms with van der Waals surface area (Å²) in [7, 11) is 0. The average molecular weight is 1150 g/mol. The molecule has 6 nitrogen and oxygen atoms in total. The van der Waals surface area contributed by atoms with Crippen LogP contribution in [-0.4, -0.2) is 37.2 Å². The van der Waals surface area contributed by atoms with Crippen molar-refractivity contribution >= 4 is 17.9 Å². The Bertz CT molecular complexity index is 1660. The van der Waals surface area contributed by atoms with Gasteiger partial charge in [-0.15, -0.1) is 0 Å². The Hall–Kier alpha value is -3.93. The lowest BCUT2D eigenvalue weighted by Crippen LogP contribution is -2.30. The summed E-state index contributed by atoms with van der Waals surface area (Å²) in [6.45, 7) is 6.48. The fourth-order valence-electron chi connectivity index (χ4n) is 10.0. The van der Waals surface area contributed by atoms with Gasteiger partial charge in [-0.05, 0) is 96.3 Å². The predicted molar refractivity (Wildman–Crippen MR) is 362 cm³/mol. The van der Waals surface area contributed by atoms with Crippen molar-refractivity contribution in [3.63, 3.8) is 0 Å². The van der Waals surface area contributed by atoms with E-state index in [4.69, 9.17) is 14.2 Å². The van der Waals surface area contributed by atoms with Crippen LogP contribution in [0.4, 0.5) is 0 Å². The maximum Gasteiger partial charge on any atom is 0.306 e. The van der Waals surface area contributed by atoms with Gasteiger partial charge in [-0.2, -0.15) is 0 Å². The van der Waals surface area contributed by atoms with Gasteiger partial charge in [-0.1, -0.05) is 336 Å². The highest BCUT2D eigenvalue weighted by molar-refractivity contribution is 5.71. The zero-order valence-corrected chi connectivity index (χ0v) is 54.7. The van der Waals surface area contributed by atoms with Crippen molar-refractivity contribution < 1.29 is 28.6 Å². The highest BCUT2D eigenvalue weighted by Gasteiger charge is 2.19. The van der Waals surface area contributed by atoms with Gasteiger partial charge in [-0.25, -0.2) is 0 Å². The van der Waals surface area contributed by atoms with Crippen LogP contribution in [0.1, 0.15) is 342 Å². The fourth-order valence-corrected chi connectivity index (χ4v) is 10.0. The van der Waals surface area contributed by atoms with Gasteiger partial charge in [0.2, 0.25) is 0 Å². The Labute approximate surface area is 514 Å². The van der Waals surface area contributed by atoms with Crippen LogP contribution in [0, 0.1) is 0 Å². The van der Waals surface area contributed by atoms with Gasteiger partial charge in [0.05, 0.1) is 0 Å². The maximum absolute atomic E-state index is 12.9. The first-order valence-electron chi connectivity index (χ1n) is 35.4. The van der Waals surface area contributed by atoms with E-state index in [1.165, 1.54) is 205 Å². The zero-order chi connectivity index (χ0) is 59.9. The van der Waals surface area contributed by atoms with Crippen LogP contribution in [0.2, 0.25) is 0 Å². The minimum Gasteiger partial charge on any atom is -0.462 e. The van der Waals surface area contributed by atoms with E-state index < -0.39 is 6.10 Å². The molecule has 0 aromatic carbocycles. The SMILES string of the molecule is CC/C=C\C/C=C\C/C=C\C/C=C\C/C=C\C/C=C\CCC(=O)OC(COC(=O)CCCCCCCCCCCCCCC)COC(=O)CCCCCCCCCCCCCCCCCCCC/C=C\C/C=C\C/C=C\CCCCCCC. The molecule has 0 radical (unpaired) electrons. The fraction of sp³-hybridized carbons (Fsp3) is 0.727. The Balaban J connectivity index is 4.25. The monoisotopic (exact) mass is 1150 g/mol. The lowest BCUT2D eigenvalue weighted by Gasteiger charge is -2.18. The normalized spacial score (nSPS) is 12.8. The van der Waals surface area contributed by atoms with Crippen LogP contribution in [0.5, 0.6) is 0 Å². The van der Waals surface area contributed by atoms with Gasteiger partial charge < -0.3 is 14.2 Å². The molecule has 1 atom stereocenters. The molecule has 0 aliphatic carbocycles. The number of hydrogen-bond acceptors (Lipinski definition) is 6. The zero-order valence-electron chi connectivity index (χ0n) is 54.7. The second-order valence-electron chi connectivity index (χ2n) is 23.4. The van der Waals surface area contributed by atoms with Crippen LogP contribution in [0.25, 0.3) is 0 Å². The second-order valence-corrected chi connectivity index (χ2v) is 23.4. The molecule has 83 heavy (non-hydrogen) atoms. The van der Waals surface area contributed by atoms with Gasteiger partial charge in [0.15, 0.2) is 6.10 Å². The summed E-state index contributed by atoms with van der Waals surface area (Å²) in [6.07, 6.45) is 97.1. The van der Waals surface area contributed by atoms with Crippen molar-refractivity contribution in [3.8, 4) is 0 Å². The summed E-state index contributed by atoms with van der Waals surface area (Å²) < 4.78 is 16.9. The number of esters is 3. The number of hydrogen-bond donors (Lipinski definition) is 0. The number of carbonyl (C=O) groups excluding carboxylic acids is 3. The van der Waals surface area contributed by atoms with Crippen LogP contribution in [0.15, 0.2) is 109 Å². The van der Waals surface area contributed by atoms with Gasteiger partial charge in [0, 0.05) is 19.3 Å². The van der Waals surface area contributed by atoms with E-state index >= 15 is 0 Å². The smallest absolute Gasteiger partial charge is 0.306 e. The van der Waals surface area contributed by atoms with E-state index in [-0.39, 0.29) is 37.5 Å². The number of carbonyl (C=O) groups is 3. The molecule has 0 spiro atoms. The molecule has 0 amide bonds. The third-order valence-electron chi connectivity index (χ3n) is 15.3. The Morgan fingerprint density at radius 3 is 0.783 bits per heavy atom. The van der Waals surface area contributed by atoms with E-state index in [0.29, 0.717) is 19.3 Å². The predicted octanol–water partition coefficient (Wildman–Crippen LogP) is 24.6. The molecule has 1 unspecified atom stereocenters. The van der Waals surface area contributed by atoms with Gasteiger partial charge in [0.1, 0.15) is 13.2 Å². The lowest BCUT2D eigenvalue weighted by atomic mass is 10.0. The van der Waals surface area contributed by atoms with Crippen molar-refractivity contribution in [3.05, 3.63) is 109 Å². The second kappa shape index (κ2) is 70.6. The van der Waals surface area contributed by atoms with E-state index in [0.717, 1.165) is 89.9 Å². The van der Waals surface area contributed by atoms with E-state index in [9.17, 15) is 14.4 Å². The molecule has 0 aliphatic heterocycles. The van der Waals surface area contributed by atoms with E-state index in [1.54, 1.807) is 0 Å². The lowest BCUT2D eigenvalue weighted by molar-refractivity contribution is -0.166. The molecule has 476 valence electrons. The minimum absolute atomic E-state index is 0.105. The van der Waals surface area contributed by atoms with Gasteiger partial charge in [-0.3, -0.25) is 14.4 Å². The van der Waals surface area contributed by atoms with Crippen molar-refractivity contribution in [1.29, 1.82) is 0 Å². The molecule has 0 saturated heterocycles. The van der Waals surface area contributed by atoms with Gasteiger partial charge >= 0.3 is 17.9 Å². The number of rotatable bonds is 64. The molecule has 0 fully saturated rings. The highest BCUT2D eigenvalue weighted by Crippen LogP contribution is 2.17. The Morgan fingerprint density at radius 2 is 0.494 bits per heavy atom. The quantitative estimate of drug-likeness (QED) is 0.0261. The number of unbranched alkanes of at least 4 members (excludes halogenated alkanes) is 35. The summed E-state index contributed by atoms with van der Waals surface area (Å²) in [6, 6.07) is 0. The van der Waals surface area contributed by atoms with Crippen LogP contribution in [0.3, 0.4) is 0 Å². The molecule has 0 aromatic rings. The van der Waals surface area contributed by atoms with Crippen molar-refractivity contribution in [1.82, 2.24) is 0 Å². The summed E-state index contributed by atoms with van der Waals surface area (Å²) in [5.41, 5.74) is 0. The highest BCUT2D eigenvalue weighted by atomic mass is 16.6. The number of ether oxygens (including phenoxy) is 3. The van der Waals surface area contributed by atoms with Crippen molar-refractivity contribution in [2.45, 2.75) is 348 Å². The van der Waals surface area contributed by atoms with Crippen molar-refractivity contribution in [2.75, 3.05) is 13.2 Å². The van der Waals surface area contributed by atoms with Crippen LogP contribution in [-0.2, 0) is 28.6 Å². The Kier molecular flexibility index (Phi) is 67.2. The molecule has 0 N–H and O–H groups in total. The molecular formula is C77H132O6. The average Bonchev–Trinajstić information content (AvgIpc) is 3.49. The molecule has 0 rings (SSSR count). The molecule has 0 bridgehead atoms.